The maximum atomic E-state index is 14.4. The second-order valence-corrected chi connectivity index (χ2v) is 12.7. The fourth-order valence-electron chi connectivity index (χ4n) is 5.36. The number of rotatable bonds is 5. The Labute approximate surface area is 159 Å². The topological polar surface area (TPSA) is 88.6 Å². The monoisotopic (exact) mass is 453 g/mol. The summed E-state index contributed by atoms with van der Waals surface area (Å²) >= 11 is 0. The third-order valence-electron chi connectivity index (χ3n) is 6.32. The summed E-state index contributed by atoms with van der Waals surface area (Å²) in [5.74, 6) is -1.47. The molecule has 0 unspecified atom stereocenters. The van der Waals surface area contributed by atoms with Crippen LogP contribution in [-0.2, 0) is 24.5 Å². The number of sulfone groups is 2. The average molecular weight is 453 g/mol. The highest BCUT2D eigenvalue weighted by molar-refractivity contribution is 8.09. The van der Waals surface area contributed by atoms with Crippen molar-refractivity contribution in [1.82, 2.24) is 4.90 Å². The van der Waals surface area contributed by atoms with Gasteiger partial charge in [-0.3, -0.25) is 4.79 Å². The Hall–Kier alpha value is -0.980. The lowest BCUT2D eigenvalue weighted by Gasteiger charge is -2.59. The molecule has 0 aliphatic heterocycles. The second kappa shape index (κ2) is 6.26. The normalized spacial score (nSPS) is 33.1. The lowest BCUT2D eigenvalue weighted by atomic mass is 9.52. The molecule has 0 radical (unpaired) electrons. The smallest absolute Gasteiger partial charge is 0.334 e. The largest absolute Gasteiger partial charge is 0.498 e. The van der Waals surface area contributed by atoms with Crippen molar-refractivity contribution < 1.29 is 43.6 Å². The van der Waals surface area contributed by atoms with Crippen molar-refractivity contribution in [1.29, 1.82) is 0 Å². The molecule has 162 valence electrons. The van der Waals surface area contributed by atoms with Crippen LogP contribution in [0.15, 0.2) is 0 Å². The number of carbonyl (C=O) groups is 1. The van der Waals surface area contributed by atoms with E-state index in [-0.39, 0.29) is 17.8 Å². The van der Waals surface area contributed by atoms with Crippen molar-refractivity contribution in [2.45, 2.75) is 54.8 Å². The van der Waals surface area contributed by atoms with E-state index in [4.69, 9.17) is 0 Å². The van der Waals surface area contributed by atoms with Gasteiger partial charge in [-0.15, -0.1) is 0 Å². The van der Waals surface area contributed by atoms with E-state index in [1.807, 2.05) is 0 Å². The number of amides is 1. The van der Waals surface area contributed by atoms with Gasteiger partial charge in [0.25, 0.3) is 9.84 Å². The molecule has 4 rings (SSSR count). The van der Waals surface area contributed by atoms with E-state index in [0.29, 0.717) is 24.2 Å². The van der Waals surface area contributed by atoms with Crippen LogP contribution in [0.4, 0.5) is 22.0 Å². The minimum atomic E-state index is -6.38. The van der Waals surface area contributed by atoms with Gasteiger partial charge in [0.1, 0.15) is 0 Å². The van der Waals surface area contributed by atoms with E-state index >= 15 is 0 Å². The molecule has 6 nitrogen and oxygen atoms in total. The summed E-state index contributed by atoms with van der Waals surface area (Å²) < 4.78 is 112. The Balaban J connectivity index is 1.86. The summed E-state index contributed by atoms with van der Waals surface area (Å²) in [7, 11) is -11.6. The molecular formula is C15H20F5NO5S2. The molecule has 1 amide bonds. The molecule has 4 aliphatic carbocycles. The van der Waals surface area contributed by atoms with Crippen molar-refractivity contribution >= 4 is 25.6 Å². The maximum absolute atomic E-state index is 14.4. The molecule has 0 spiro atoms. The first-order valence-electron chi connectivity index (χ1n) is 8.68. The summed E-state index contributed by atoms with van der Waals surface area (Å²) in [5.41, 5.74) is -6.99. The Bertz CT molecular complexity index is 846. The van der Waals surface area contributed by atoms with Gasteiger partial charge in [0.2, 0.25) is 9.84 Å². The molecule has 0 heterocycles. The Kier molecular flexibility index (Phi) is 4.85. The van der Waals surface area contributed by atoms with E-state index in [0.717, 1.165) is 26.3 Å². The minimum absolute atomic E-state index is 0.234. The standard InChI is InChI=1S/C15H20F5NO5S2/c1-21(13-5-9-2-10(6-13)4-11(3-9)7-13)12(22)14(16,17)27(23,24)8-28(25,26)15(18,19)20/h9-11H,2-8H2,1H3. The van der Waals surface area contributed by atoms with Crippen LogP contribution >= 0.6 is 0 Å². The first kappa shape index (κ1) is 21.7. The van der Waals surface area contributed by atoms with Crippen molar-refractivity contribution in [3.05, 3.63) is 0 Å². The fraction of sp³-hybridized carbons (Fsp3) is 0.933. The third kappa shape index (κ3) is 3.31. The summed E-state index contributed by atoms with van der Waals surface area (Å²) in [6.07, 6.45) is 4.04. The summed E-state index contributed by atoms with van der Waals surface area (Å²) in [6, 6.07) is 0. The van der Waals surface area contributed by atoms with Gasteiger partial charge >= 0.3 is 16.7 Å². The number of carbonyl (C=O) groups excluding carboxylic acids is 1. The third-order valence-corrected chi connectivity index (χ3v) is 10.5. The van der Waals surface area contributed by atoms with Crippen molar-refractivity contribution in [3.8, 4) is 0 Å². The summed E-state index contributed by atoms with van der Waals surface area (Å²) in [4.78, 5) is 13.0. The molecule has 4 bridgehead atoms. The molecule has 0 saturated heterocycles. The van der Waals surface area contributed by atoms with Crippen LogP contribution in [0.25, 0.3) is 0 Å². The zero-order chi connectivity index (χ0) is 21.3. The lowest BCUT2D eigenvalue weighted by Crippen LogP contribution is -2.63. The highest BCUT2D eigenvalue weighted by atomic mass is 32.3. The SMILES string of the molecule is CN(C(=O)C(F)(F)S(=O)(=O)CS(=O)(=O)C(F)(F)F)C12CC3CC(CC(C3)C1)C2. The molecule has 4 saturated carbocycles. The lowest BCUT2D eigenvalue weighted by molar-refractivity contribution is -0.162. The van der Waals surface area contributed by atoms with E-state index in [1.165, 1.54) is 0 Å². The van der Waals surface area contributed by atoms with Gasteiger partial charge in [0.15, 0.2) is 5.08 Å². The van der Waals surface area contributed by atoms with Gasteiger partial charge in [-0.05, 0) is 56.3 Å². The number of hydrogen-bond acceptors (Lipinski definition) is 5. The summed E-state index contributed by atoms with van der Waals surface area (Å²) in [5, 5.41) is -8.15. The highest BCUT2D eigenvalue weighted by Crippen LogP contribution is 2.58. The number of halogens is 5. The summed E-state index contributed by atoms with van der Waals surface area (Å²) in [6.45, 7) is 0. The molecule has 13 heteroatoms. The van der Waals surface area contributed by atoms with Gasteiger partial charge < -0.3 is 4.90 Å². The Morgan fingerprint density at radius 2 is 1.29 bits per heavy atom. The van der Waals surface area contributed by atoms with Crippen LogP contribution in [0.1, 0.15) is 38.5 Å². The van der Waals surface area contributed by atoms with Gasteiger partial charge in [0.05, 0.1) is 0 Å². The van der Waals surface area contributed by atoms with Crippen molar-refractivity contribution in [3.63, 3.8) is 0 Å². The van der Waals surface area contributed by atoms with E-state index in [2.05, 4.69) is 0 Å². The first-order chi connectivity index (χ1) is 12.5. The Morgan fingerprint density at radius 1 is 0.893 bits per heavy atom. The molecule has 28 heavy (non-hydrogen) atoms. The van der Waals surface area contributed by atoms with Crippen LogP contribution in [0.2, 0.25) is 0 Å². The molecule has 0 atom stereocenters. The average Bonchev–Trinajstić information content (AvgIpc) is 2.49. The van der Waals surface area contributed by atoms with Gasteiger partial charge in [0, 0.05) is 12.6 Å². The molecule has 0 aromatic heterocycles. The van der Waals surface area contributed by atoms with Crippen molar-refractivity contribution in [2.24, 2.45) is 17.8 Å². The van der Waals surface area contributed by atoms with Crippen LogP contribution in [0, 0.1) is 17.8 Å². The first-order valence-corrected chi connectivity index (χ1v) is 12.0. The number of nitrogens with zero attached hydrogens (tertiary/aromatic N) is 1. The van der Waals surface area contributed by atoms with E-state index < -0.39 is 47.0 Å². The van der Waals surface area contributed by atoms with Crippen LogP contribution in [-0.4, -0.2) is 56.1 Å². The van der Waals surface area contributed by atoms with Gasteiger partial charge in [-0.2, -0.15) is 22.0 Å². The maximum Gasteiger partial charge on any atom is 0.498 e. The molecule has 4 fully saturated rings. The number of alkyl halides is 5. The van der Waals surface area contributed by atoms with E-state index in [1.54, 1.807) is 0 Å². The van der Waals surface area contributed by atoms with Crippen LogP contribution in [0.5, 0.6) is 0 Å². The zero-order valence-electron chi connectivity index (χ0n) is 14.9. The zero-order valence-corrected chi connectivity index (χ0v) is 16.5. The van der Waals surface area contributed by atoms with Gasteiger partial charge in [-0.25, -0.2) is 16.8 Å². The molecular weight excluding hydrogens is 433 g/mol. The molecule has 0 aromatic carbocycles. The fourth-order valence-corrected chi connectivity index (χ4v) is 8.53. The minimum Gasteiger partial charge on any atom is -0.334 e. The number of hydrogen-bond donors (Lipinski definition) is 0. The quantitative estimate of drug-likeness (QED) is 0.596. The molecule has 0 N–H and O–H groups in total. The highest BCUT2D eigenvalue weighted by Gasteiger charge is 2.62. The Morgan fingerprint density at radius 3 is 1.64 bits per heavy atom. The molecule has 0 aromatic rings. The second-order valence-electron chi connectivity index (χ2n) is 8.32. The van der Waals surface area contributed by atoms with Crippen molar-refractivity contribution in [2.75, 3.05) is 12.1 Å². The molecule has 4 aliphatic rings. The van der Waals surface area contributed by atoms with Crippen LogP contribution in [0.3, 0.4) is 0 Å². The van der Waals surface area contributed by atoms with Gasteiger partial charge in [-0.1, -0.05) is 0 Å². The predicted octanol–water partition coefficient (Wildman–Crippen LogP) is 2.31. The predicted molar refractivity (Wildman–Crippen MR) is 87.4 cm³/mol. The van der Waals surface area contributed by atoms with E-state index in [9.17, 15) is 43.6 Å². The van der Waals surface area contributed by atoms with Crippen LogP contribution < -0.4 is 0 Å².